The van der Waals surface area contributed by atoms with Gasteiger partial charge in [0.15, 0.2) is 0 Å². The van der Waals surface area contributed by atoms with E-state index >= 15 is 0 Å². The molecule has 0 atom stereocenters. The molecule has 1 aromatic carbocycles. The van der Waals surface area contributed by atoms with Gasteiger partial charge in [-0.1, -0.05) is 13.3 Å². The highest BCUT2D eigenvalue weighted by Crippen LogP contribution is 2.16. The van der Waals surface area contributed by atoms with E-state index in [9.17, 15) is 9.59 Å². The average molecular weight is 234 g/mol. The van der Waals surface area contributed by atoms with E-state index in [1.807, 2.05) is 0 Å². The van der Waals surface area contributed by atoms with Gasteiger partial charge in [-0.3, -0.25) is 9.59 Å². The summed E-state index contributed by atoms with van der Waals surface area (Å²) in [5, 5.41) is 0. The monoisotopic (exact) mass is 234 g/mol. The van der Waals surface area contributed by atoms with Gasteiger partial charge in [-0.2, -0.15) is 0 Å². The molecular formula is C12H14N2O3. The number of fused-ring (bicyclic) bond motifs is 1. The Kier molecular flexibility index (Phi) is 3.27. The summed E-state index contributed by atoms with van der Waals surface area (Å²) in [6.45, 7) is 2.74. The Labute approximate surface area is 97.4 Å². The largest absolute Gasteiger partial charge is 0.494 e. The molecule has 0 unspecified atom stereocenters. The predicted molar refractivity (Wildman–Crippen MR) is 65.6 cm³/mol. The van der Waals surface area contributed by atoms with Crippen LogP contribution in [0.15, 0.2) is 27.8 Å². The van der Waals surface area contributed by atoms with Crippen LogP contribution < -0.4 is 15.9 Å². The third-order valence-electron chi connectivity index (χ3n) is 2.46. The fourth-order valence-electron chi connectivity index (χ4n) is 1.52. The first kappa shape index (κ1) is 11.4. The van der Waals surface area contributed by atoms with E-state index in [-0.39, 0.29) is 0 Å². The summed E-state index contributed by atoms with van der Waals surface area (Å²) in [5.74, 6) is 0.689. The molecule has 5 nitrogen and oxygen atoms in total. The van der Waals surface area contributed by atoms with Crippen molar-refractivity contribution in [1.29, 1.82) is 0 Å². The molecule has 0 radical (unpaired) electrons. The highest BCUT2D eigenvalue weighted by Gasteiger charge is 2.01. The van der Waals surface area contributed by atoms with Crippen LogP contribution in [0.5, 0.6) is 5.75 Å². The standard InChI is InChI=1S/C12H14N2O3/c1-2-3-6-17-8-4-5-9-10(7-8)14-12(16)11(15)13-9/h4-5,7H,2-3,6H2,1H3,(H,13,15)(H,14,16). The molecule has 2 rings (SSSR count). The molecule has 1 aromatic heterocycles. The maximum Gasteiger partial charge on any atom is 0.314 e. The van der Waals surface area contributed by atoms with Crippen molar-refractivity contribution in [3.05, 3.63) is 38.9 Å². The number of H-pyrrole nitrogens is 2. The van der Waals surface area contributed by atoms with Gasteiger partial charge in [-0.05, 0) is 18.6 Å². The molecule has 2 N–H and O–H groups in total. The number of aromatic amines is 2. The van der Waals surface area contributed by atoms with Gasteiger partial charge in [0.25, 0.3) is 0 Å². The Morgan fingerprint density at radius 1 is 1.12 bits per heavy atom. The molecular weight excluding hydrogens is 220 g/mol. The Hall–Kier alpha value is -2.04. The Bertz CT molecular complexity index is 627. The first-order valence-electron chi connectivity index (χ1n) is 5.60. The fraction of sp³-hybridized carbons (Fsp3) is 0.333. The van der Waals surface area contributed by atoms with Crippen LogP contribution in [0.1, 0.15) is 19.8 Å². The van der Waals surface area contributed by atoms with Gasteiger partial charge in [-0.15, -0.1) is 0 Å². The van der Waals surface area contributed by atoms with Gasteiger partial charge in [0.05, 0.1) is 17.6 Å². The zero-order valence-electron chi connectivity index (χ0n) is 9.58. The summed E-state index contributed by atoms with van der Waals surface area (Å²) >= 11 is 0. The van der Waals surface area contributed by atoms with E-state index < -0.39 is 11.1 Å². The van der Waals surface area contributed by atoms with Crippen molar-refractivity contribution in [2.24, 2.45) is 0 Å². The maximum atomic E-state index is 11.2. The second kappa shape index (κ2) is 4.86. The fourth-order valence-corrected chi connectivity index (χ4v) is 1.52. The SMILES string of the molecule is CCCCOc1ccc2[nH]c(=O)c(=O)[nH]c2c1. The molecule has 0 saturated heterocycles. The zero-order chi connectivity index (χ0) is 12.3. The topological polar surface area (TPSA) is 75.0 Å². The molecule has 0 saturated carbocycles. The van der Waals surface area contributed by atoms with Crippen LogP contribution in [0.4, 0.5) is 0 Å². The molecule has 0 aliphatic heterocycles. The maximum absolute atomic E-state index is 11.2. The minimum absolute atomic E-state index is 0.573. The summed E-state index contributed by atoms with van der Waals surface area (Å²) in [5.41, 5.74) is -0.124. The van der Waals surface area contributed by atoms with Crippen molar-refractivity contribution in [2.75, 3.05) is 6.61 Å². The summed E-state index contributed by atoms with van der Waals surface area (Å²) in [6, 6.07) is 5.20. The molecule has 0 aliphatic rings. The van der Waals surface area contributed by atoms with Crippen LogP contribution in [0.3, 0.4) is 0 Å². The highest BCUT2D eigenvalue weighted by molar-refractivity contribution is 5.75. The van der Waals surface area contributed by atoms with Gasteiger partial charge in [0.2, 0.25) is 0 Å². The Morgan fingerprint density at radius 2 is 1.82 bits per heavy atom. The number of benzene rings is 1. The van der Waals surface area contributed by atoms with Gasteiger partial charge >= 0.3 is 11.1 Å². The van der Waals surface area contributed by atoms with Crippen molar-refractivity contribution in [3.8, 4) is 5.75 Å². The van der Waals surface area contributed by atoms with Crippen LogP contribution in [0, 0.1) is 0 Å². The third kappa shape index (κ3) is 2.55. The van der Waals surface area contributed by atoms with Crippen LogP contribution in [0.2, 0.25) is 0 Å². The van der Waals surface area contributed by atoms with Crippen molar-refractivity contribution in [1.82, 2.24) is 9.97 Å². The minimum Gasteiger partial charge on any atom is -0.494 e. The first-order valence-corrected chi connectivity index (χ1v) is 5.60. The Morgan fingerprint density at radius 3 is 2.53 bits per heavy atom. The predicted octanol–water partition coefficient (Wildman–Crippen LogP) is 1.40. The number of aromatic nitrogens is 2. The van der Waals surface area contributed by atoms with Crippen LogP contribution in [-0.2, 0) is 0 Å². The number of nitrogens with one attached hydrogen (secondary N) is 2. The first-order chi connectivity index (χ1) is 8.20. The van der Waals surface area contributed by atoms with E-state index in [1.54, 1.807) is 18.2 Å². The van der Waals surface area contributed by atoms with E-state index in [2.05, 4.69) is 16.9 Å². The second-order valence-corrected chi connectivity index (χ2v) is 3.82. The van der Waals surface area contributed by atoms with Gasteiger partial charge in [-0.25, -0.2) is 0 Å². The van der Waals surface area contributed by atoms with Crippen molar-refractivity contribution >= 4 is 11.0 Å². The third-order valence-corrected chi connectivity index (χ3v) is 2.46. The molecule has 90 valence electrons. The van der Waals surface area contributed by atoms with Crippen LogP contribution >= 0.6 is 0 Å². The average Bonchev–Trinajstić information content (AvgIpc) is 2.31. The minimum atomic E-state index is -0.650. The zero-order valence-corrected chi connectivity index (χ0v) is 9.58. The molecule has 0 bridgehead atoms. The second-order valence-electron chi connectivity index (χ2n) is 3.82. The van der Waals surface area contributed by atoms with Gasteiger partial charge in [0.1, 0.15) is 5.75 Å². The summed E-state index contributed by atoms with van der Waals surface area (Å²) in [6.07, 6.45) is 2.05. The summed E-state index contributed by atoms with van der Waals surface area (Å²) in [7, 11) is 0. The number of hydrogen-bond acceptors (Lipinski definition) is 3. The van der Waals surface area contributed by atoms with E-state index in [0.717, 1.165) is 12.8 Å². The molecule has 5 heteroatoms. The molecule has 17 heavy (non-hydrogen) atoms. The normalized spacial score (nSPS) is 10.6. The lowest BCUT2D eigenvalue weighted by atomic mass is 10.3. The molecule has 0 fully saturated rings. The molecule has 2 aromatic rings. The van der Waals surface area contributed by atoms with Crippen LogP contribution in [-0.4, -0.2) is 16.6 Å². The molecule has 0 aliphatic carbocycles. The lowest BCUT2D eigenvalue weighted by Gasteiger charge is -2.05. The van der Waals surface area contributed by atoms with Gasteiger partial charge < -0.3 is 14.7 Å². The number of unbranched alkanes of at least 4 members (excludes halogenated alkanes) is 1. The molecule has 0 spiro atoms. The Balaban J connectivity index is 2.33. The van der Waals surface area contributed by atoms with Crippen molar-refractivity contribution < 1.29 is 4.74 Å². The van der Waals surface area contributed by atoms with Crippen molar-refractivity contribution in [2.45, 2.75) is 19.8 Å². The van der Waals surface area contributed by atoms with E-state index in [0.29, 0.717) is 23.4 Å². The molecule has 1 heterocycles. The number of rotatable bonds is 4. The number of hydrogen-bond donors (Lipinski definition) is 2. The lowest BCUT2D eigenvalue weighted by molar-refractivity contribution is 0.309. The highest BCUT2D eigenvalue weighted by atomic mass is 16.5. The molecule has 0 amide bonds. The summed E-state index contributed by atoms with van der Waals surface area (Å²) in [4.78, 5) is 27.3. The van der Waals surface area contributed by atoms with E-state index in [4.69, 9.17) is 4.74 Å². The number of ether oxygens (including phenoxy) is 1. The quantitative estimate of drug-likeness (QED) is 0.620. The lowest BCUT2D eigenvalue weighted by Crippen LogP contribution is -2.28. The van der Waals surface area contributed by atoms with Crippen LogP contribution in [0.25, 0.3) is 11.0 Å². The van der Waals surface area contributed by atoms with Crippen molar-refractivity contribution in [3.63, 3.8) is 0 Å². The smallest absolute Gasteiger partial charge is 0.314 e. The van der Waals surface area contributed by atoms with E-state index in [1.165, 1.54) is 0 Å². The van der Waals surface area contributed by atoms with Gasteiger partial charge in [0, 0.05) is 6.07 Å². The summed E-state index contributed by atoms with van der Waals surface area (Å²) < 4.78 is 5.51.